The minimum atomic E-state index is -3.33. The molecule has 5 heteroatoms. The first-order valence-electron chi connectivity index (χ1n) is 9.16. The third-order valence-electron chi connectivity index (χ3n) is 4.61. The van der Waals surface area contributed by atoms with E-state index in [9.17, 15) is 4.57 Å². The Bertz CT molecular complexity index is 676. The van der Waals surface area contributed by atoms with Gasteiger partial charge in [-0.05, 0) is 21.9 Å². The Morgan fingerprint density at radius 3 is 1.54 bits per heavy atom. The van der Waals surface area contributed by atoms with Crippen LogP contribution in [0.15, 0.2) is 60.7 Å². The van der Waals surface area contributed by atoms with Crippen LogP contribution in [0.5, 0.6) is 0 Å². The van der Waals surface area contributed by atoms with Crippen molar-refractivity contribution in [1.29, 1.82) is 0 Å². The zero-order valence-corrected chi connectivity index (χ0v) is 18.3. The minimum absolute atomic E-state index is 0.125. The Hall–Kier alpha value is -1.19. The van der Waals surface area contributed by atoms with Crippen molar-refractivity contribution < 1.29 is 13.6 Å². The number of rotatable bonds is 8. The first kappa shape index (κ1) is 21.1. The summed E-state index contributed by atoms with van der Waals surface area (Å²) in [6.45, 7) is 11.1. The minimum Gasteiger partial charge on any atom is -0.331 e. The fourth-order valence-electron chi connectivity index (χ4n) is 3.49. The first-order chi connectivity index (χ1) is 12.3. The third kappa shape index (κ3) is 4.37. The van der Waals surface area contributed by atoms with Gasteiger partial charge in [-0.15, -0.1) is 0 Å². The van der Waals surface area contributed by atoms with Crippen molar-refractivity contribution in [2.45, 2.75) is 39.7 Å². The summed E-state index contributed by atoms with van der Waals surface area (Å²) in [6.07, 6.45) is 0. The smallest absolute Gasteiger partial charge is 0.186 e. The molecule has 0 spiro atoms. The molecular weight excluding hydrogens is 359 g/mol. The van der Waals surface area contributed by atoms with Gasteiger partial charge in [0.05, 0.1) is 13.2 Å². The first-order valence-corrected chi connectivity index (χ1v) is 12.8. The summed E-state index contributed by atoms with van der Waals surface area (Å²) < 4.78 is 24.9. The van der Waals surface area contributed by atoms with Gasteiger partial charge in [-0.3, -0.25) is 4.57 Å². The van der Waals surface area contributed by atoms with E-state index >= 15 is 0 Å². The highest BCUT2D eigenvalue weighted by molar-refractivity contribution is 7.61. The van der Waals surface area contributed by atoms with E-state index < -0.39 is 15.7 Å². The van der Waals surface area contributed by atoms with E-state index in [4.69, 9.17) is 9.05 Å². The maximum absolute atomic E-state index is 13.6. The molecule has 0 fully saturated rings. The Labute approximate surface area is 159 Å². The van der Waals surface area contributed by atoms with Gasteiger partial charge in [-0.25, -0.2) is 5.79 Å². The van der Waals surface area contributed by atoms with Crippen LogP contribution in [-0.2, 0) is 13.6 Å². The number of hydrogen-bond acceptors (Lipinski definition) is 3. The highest BCUT2D eigenvalue weighted by Gasteiger charge is 2.43. The highest BCUT2D eigenvalue weighted by Crippen LogP contribution is 2.57. The van der Waals surface area contributed by atoms with Crippen LogP contribution in [0.3, 0.4) is 0 Å². The van der Waals surface area contributed by atoms with E-state index in [1.807, 2.05) is 56.0 Å². The molecule has 0 aliphatic carbocycles. The fourth-order valence-corrected chi connectivity index (χ4v) is 13.0. The predicted molar refractivity (Wildman–Crippen MR) is 113 cm³/mol. The molecule has 2 aromatic carbocycles. The van der Waals surface area contributed by atoms with E-state index in [0.29, 0.717) is 13.2 Å². The van der Waals surface area contributed by atoms with Gasteiger partial charge in [0.1, 0.15) is 0 Å². The Morgan fingerprint density at radius 2 is 1.23 bits per heavy atom. The van der Waals surface area contributed by atoms with Crippen molar-refractivity contribution in [3.8, 4) is 0 Å². The molecule has 0 saturated carbocycles. The summed E-state index contributed by atoms with van der Waals surface area (Å²) in [5, 5.41) is 2.29. The topological polar surface area (TPSA) is 35.5 Å². The molecular formula is C21H30O3PSi-. The van der Waals surface area contributed by atoms with Gasteiger partial charge in [0.15, 0.2) is 7.60 Å². The summed E-state index contributed by atoms with van der Waals surface area (Å²) in [5.74, 6) is 1.96. The van der Waals surface area contributed by atoms with Gasteiger partial charge in [0.25, 0.3) is 0 Å². The highest BCUT2D eigenvalue weighted by atomic mass is 31.2. The molecule has 26 heavy (non-hydrogen) atoms. The maximum atomic E-state index is 13.6. The number of hydrogen-bond donors (Lipinski definition) is 0. The molecule has 3 nitrogen and oxygen atoms in total. The lowest BCUT2D eigenvalue weighted by atomic mass is 10.2. The van der Waals surface area contributed by atoms with Crippen LogP contribution in [0.4, 0.5) is 0 Å². The van der Waals surface area contributed by atoms with Crippen molar-refractivity contribution in [1.82, 2.24) is 0 Å². The van der Waals surface area contributed by atoms with E-state index in [1.165, 1.54) is 10.4 Å². The Morgan fingerprint density at radius 1 is 0.846 bits per heavy atom. The van der Waals surface area contributed by atoms with Gasteiger partial charge in [0.2, 0.25) is 0 Å². The quantitative estimate of drug-likeness (QED) is 0.361. The van der Waals surface area contributed by atoms with Crippen LogP contribution in [0.25, 0.3) is 0 Å². The lowest BCUT2D eigenvalue weighted by Crippen LogP contribution is -2.64. The molecule has 0 aromatic heterocycles. The average Bonchev–Trinajstić information content (AvgIpc) is 2.60. The lowest BCUT2D eigenvalue weighted by Gasteiger charge is -2.53. The second kappa shape index (κ2) is 8.66. The summed E-state index contributed by atoms with van der Waals surface area (Å²) in [5.41, 5.74) is 0. The second-order valence-corrected chi connectivity index (χ2v) is 14.2. The van der Waals surface area contributed by atoms with Gasteiger partial charge >= 0.3 is 0 Å². The molecule has 0 heterocycles. The second-order valence-electron chi connectivity index (χ2n) is 7.29. The van der Waals surface area contributed by atoms with Gasteiger partial charge in [0, 0.05) is 0 Å². The van der Waals surface area contributed by atoms with Crippen LogP contribution in [0, 0.1) is 5.79 Å². The summed E-state index contributed by atoms with van der Waals surface area (Å²) in [7, 11) is -5.93. The third-order valence-corrected chi connectivity index (χ3v) is 13.5. The SMILES string of the molecule is CCOP(=O)([CH-][Si](c1ccccc1)(c1ccccc1)C(C)(C)C)OCC. The lowest BCUT2D eigenvalue weighted by molar-refractivity contribution is 0.227. The Balaban J connectivity index is 2.74. The van der Waals surface area contributed by atoms with Crippen LogP contribution >= 0.6 is 7.60 Å². The molecule has 0 radical (unpaired) electrons. The standard InChI is InChI=1S/C21H30O3PSi/c1-6-23-25(22,24-7-2)18-26(21(3,4)5,19-14-10-8-11-15-19)20-16-12-9-13-17-20/h8-18H,6-7H2,1-5H3/q-1. The van der Waals surface area contributed by atoms with Crippen molar-refractivity contribution in [2.24, 2.45) is 0 Å². The molecule has 0 atom stereocenters. The van der Waals surface area contributed by atoms with Crippen molar-refractivity contribution >= 4 is 26.0 Å². The molecule has 0 bridgehead atoms. The molecule has 0 N–H and O–H groups in total. The van der Waals surface area contributed by atoms with Crippen LogP contribution in [0.1, 0.15) is 34.6 Å². The van der Waals surface area contributed by atoms with Crippen molar-refractivity contribution in [3.63, 3.8) is 0 Å². The van der Waals surface area contributed by atoms with Crippen LogP contribution < -0.4 is 10.4 Å². The summed E-state index contributed by atoms with van der Waals surface area (Å²) in [6, 6.07) is 20.8. The molecule has 0 aliphatic rings. The van der Waals surface area contributed by atoms with Gasteiger partial charge in [-0.2, -0.15) is 0 Å². The molecule has 0 amide bonds. The van der Waals surface area contributed by atoms with E-state index in [1.54, 1.807) is 0 Å². The monoisotopic (exact) mass is 389 g/mol. The summed E-state index contributed by atoms with van der Waals surface area (Å²) in [4.78, 5) is 0. The van der Waals surface area contributed by atoms with E-state index in [-0.39, 0.29) is 5.04 Å². The van der Waals surface area contributed by atoms with Gasteiger partial charge in [-0.1, -0.05) is 96.8 Å². The number of benzene rings is 2. The maximum Gasteiger partial charge on any atom is 0.186 e. The average molecular weight is 390 g/mol. The summed E-state index contributed by atoms with van der Waals surface area (Å²) >= 11 is 0. The van der Waals surface area contributed by atoms with Crippen LogP contribution in [-0.4, -0.2) is 21.3 Å². The molecule has 2 rings (SSSR count). The molecule has 142 valence electrons. The van der Waals surface area contributed by atoms with E-state index in [0.717, 1.165) is 0 Å². The molecule has 0 aliphatic heterocycles. The zero-order chi connectivity index (χ0) is 19.3. The zero-order valence-electron chi connectivity index (χ0n) is 16.4. The van der Waals surface area contributed by atoms with Crippen LogP contribution in [0.2, 0.25) is 5.04 Å². The van der Waals surface area contributed by atoms with Crippen molar-refractivity contribution in [2.75, 3.05) is 13.2 Å². The van der Waals surface area contributed by atoms with Gasteiger partial charge < -0.3 is 9.05 Å². The van der Waals surface area contributed by atoms with E-state index in [2.05, 4.69) is 45.0 Å². The Kier molecular flexibility index (Phi) is 7.03. The van der Waals surface area contributed by atoms with Crippen molar-refractivity contribution in [3.05, 3.63) is 66.4 Å². The fraction of sp³-hybridized carbons (Fsp3) is 0.381. The molecule has 0 saturated heterocycles. The molecule has 0 unspecified atom stereocenters. The predicted octanol–water partition coefficient (Wildman–Crippen LogP) is 5.02. The largest absolute Gasteiger partial charge is 0.331 e. The molecule has 2 aromatic rings. The normalized spacial score (nSPS) is 13.0.